The van der Waals surface area contributed by atoms with E-state index in [0.717, 1.165) is 24.0 Å². The maximum absolute atomic E-state index is 13.6. The monoisotopic (exact) mass is 334 g/mol. The summed E-state index contributed by atoms with van der Waals surface area (Å²) < 4.78 is 45.5. The molecule has 0 spiro atoms. The quantitative estimate of drug-likeness (QED) is 0.799. The lowest BCUT2D eigenvalue weighted by atomic mass is 10.3. The van der Waals surface area contributed by atoms with Gasteiger partial charge in [0.25, 0.3) is 0 Å². The van der Waals surface area contributed by atoms with E-state index in [1.807, 2.05) is 0 Å². The molecule has 1 saturated heterocycles. The second-order valence-corrected chi connectivity index (χ2v) is 7.85. The third-order valence-corrected chi connectivity index (χ3v) is 6.50. The molecular formula is C13H19FN2O3S2. The van der Waals surface area contributed by atoms with Crippen LogP contribution in [0.5, 0.6) is 0 Å². The summed E-state index contributed by atoms with van der Waals surface area (Å²) in [5, 5.41) is 0. The number of methoxy groups -OCH3 is 1. The Morgan fingerprint density at radius 3 is 2.86 bits per heavy atom. The summed E-state index contributed by atoms with van der Waals surface area (Å²) in [6, 6.07) is 3.53. The van der Waals surface area contributed by atoms with Crippen LogP contribution >= 0.6 is 11.8 Å². The SMILES string of the molecule is COCCN(C1CCSC1)S(=O)(=O)c1ccc(N)c(F)c1. The first-order chi connectivity index (χ1) is 9.96. The molecule has 1 aromatic rings. The molecule has 1 aliphatic heterocycles. The topological polar surface area (TPSA) is 72.6 Å². The van der Waals surface area contributed by atoms with Gasteiger partial charge in [-0.3, -0.25) is 0 Å². The first-order valence-corrected chi connectivity index (χ1v) is 9.20. The number of halogens is 1. The van der Waals surface area contributed by atoms with E-state index in [1.54, 1.807) is 11.8 Å². The molecule has 0 saturated carbocycles. The highest BCUT2D eigenvalue weighted by Gasteiger charge is 2.33. The predicted octanol–water partition coefficient (Wildman–Crippen LogP) is 1.55. The average molecular weight is 334 g/mol. The Hall–Kier alpha value is -0.830. The maximum atomic E-state index is 13.6. The van der Waals surface area contributed by atoms with E-state index in [4.69, 9.17) is 10.5 Å². The smallest absolute Gasteiger partial charge is 0.243 e. The zero-order chi connectivity index (χ0) is 15.5. The van der Waals surface area contributed by atoms with Crippen LogP contribution in [0.25, 0.3) is 0 Å². The molecule has 0 radical (unpaired) electrons. The van der Waals surface area contributed by atoms with Gasteiger partial charge < -0.3 is 10.5 Å². The van der Waals surface area contributed by atoms with E-state index in [9.17, 15) is 12.8 Å². The van der Waals surface area contributed by atoms with Crippen molar-refractivity contribution in [3.05, 3.63) is 24.0 Å². The number of anilines is 1. The molecule has 1 unspecified atom stereocenters. The summed E-state index contributed by atoms with van der Waals surface area (Å²) >= 11 is 1.72. The van der Waals surface area contributed by atoms with Crippen LogP contribution in [-0.2, 0) is 14.8 Å². The number of nitrogens with zero attached hydrogens (tertiary/aromatic N) is 1. The lowest BCUT2D eigenvalue weighted by Crippen LogP contribution is -2.42. The summed E-state index contributed by atoms with van der Waals surface area (Å²) in [7, 11) is -2.23. The lowest BCUT2D eigenvalue weighted by molar-refractivity contribution is 0.169. The third kappa shape index (κ3) is 3.68. The van der Waals surface area contributed by atoms with Gasteiger partial charge in [-0.2, -0.15) is 16.1 Å². The zero-order valence-electron chi connectivity index (χ0n) is 11.8. The number of hydrogen-bond donors (Lipinski definition) is 1. The minimum absolute atomic E-state index is 0.0613. The standard InChI is InChI=1S/C13H19FN2O3S2/c1-19-6-5-16(10-4-7-20-9-10)21(17,18)11-2-3-13(15)12(14)8-11/h2-3,8,10H,4-7,9,15H2,1H3. The van der Waals surface area contributed by atoms with Crippen molar-refractivity contribution in [3.63, 3.8) is 0 Å². The predicted molar refractivity (Wildman–Crippen MR) is 82.3 cm³/mol. The minimum atomic E-state index is -3.75. The Bertz CT molecular complexity index is 589. The first kappa shape index (κ1) is 16.5. The van der Waals surface area contributed by atoms with Crippen LogP contribution in [0.2, 0.25) is 0 Å². The van der Waals surface area contributed by atoms with Crippen molar-refractivity contribution in [1.82, 2.24) is 4.31 Å². The number of sulfonamides is 1. The molecule has 21 heavy (non-hydrogen) atoms. The van der Waals surface area contributed by atoms with Crippen molar-refractivity contribution in [2.75, 3.05) is 37.5 Å². The van der Waals surface area contributed by atoms with Gasteiger partial charge in [0.15, 0.2) is 0 Å². The Kier molecular flexibility index (Phi) is 5.48. The number of rotatable bonds is 6. The molecule has 5 nitrogen and oxygen atoms in total. The average Bonchev–Trinajstić information content (AvgIpc) is 2.96. The zero-order valence-corrected chi connectivity index (χ0v) is 13.4. The fraction of sp³-hybridized carbons (Fsp3) is 0.538. The van der Waals surface area contributed by atoms with E-state index >= 15 is 0 Å². The highest BCUT2D eigenvalue weighted by atomic mass is 32.2. The fourth-order valence-corrected chi connectivity index (χ4v) is 5.20. The van der Waals surface area contributed by atoms with Crippen LogP contribution < -0.4 is 5.73 Å². The molecule has 1 aliphatic rings. The summed E-state index contributed by atoms with van der Waals surface area (Å²) in [5.74, 6) is 0.962. The minimum Gasteiger partial charge on any atom is -0.396 e. The third-order valence-electron chi connectivity index (χ3n) is 3.41. The normalized spacial score (nSPS) is 19.3. The Morgan fingerprint density at radius 1 is 1.52 bits per heavy atom. The Labute approximate surface area is 128 Å². The van der Waals surface area contributed by atoms with Gasteiger partial charge in [-0.15, -0.1) is 0 Å². The number of nitrogen functional groups attached to an aromatic ring is 1. The van der Waals surface area contributed by atoms with Gasteiger partial charge in [0.05, 0.1) is 17.2 Å². The van der Waals surface area contributed by atoms with Crippen molar-refractivity contribution in [2.45, 2.75) is 17.4 Å². The molecule has 8 heteroatoms. The van der Waals surface area contributed by atoms with Gasteiger partial charge in [-0.05, 0) is 30.4 Å². The highest BCUT2D eigenvalue weighted by Crippen LogP contribution is 2.28. The largest absolute Gasteiger partial charge is 0.396 e. The Balaban J connectivity index is 2.33. The highest BCUT2D eigenvalue weighted by molar-refractivity contribution is 7.99. The first-order valence-electron chi connectivity index (χ1n) is 6.60. The van der Waals surface area contributed by atoms with Crippen LogP contribution in [0.1, 0.15) is 6.42 Å². The molecule has 2 rings (SSSR count). The van der Waals surface area contributed by atoms with Gasteiger partial charge >= 0.3 is 0 Å². The molecule has 0 aromatic heterocycles. The van der Waals surface area contributed by atoms with Crippen molar-refractivity contribution >= 4 is 27.5 Å². The Morgan fingerprint density at radius 2 is 2.29 bits per heavy atom. The number of hydrogen-bond acceptors (Lipinski definition) is 5. The number of ether oxygens (including phenoxy) is 1. The van der Waals surface area contributed by atoms with Crippen LogP contribution in [0, 0.1) is 5.82 Å². The van der Waals surface area contributed by atoms with E-state index in [-0.39, 0.29) is 23.2 Å². The molecule has 1 fully saturated rings. The summed E-state index contributed by atoms with van der Waals surface area (Å²) in [6.07, 6.45) is 0.797. The van der Waals surface area contributed by atoms with E-state index in [2.05, 4.69) is 0 Å². The van der Waals surface area contributed by atoms with Gasteiger partial charge in [-0.25, -0.2) is 12.8 Å². The second-order valence-electron chi connectivity index (χ2n) is 4.81. The fourth-order valence-electron chi connectivity index (χ4n) is 2.23. The molecule has 1 aromatic carbocycles. The van der Waals surface area contributed by atoms with Crippen molar-refractivity contribution < 1.29 is 17.5 Å². The van der Waals surface area contributed by atoms with Crippen LogP contribution in [0.4, 0.5) is 10.1 Å². The van der Waals surface area contributed by atoms with Crippen LogP contribution in [0.15, 0.2) is 23.1 Å². The molecular weight excluding hydrogens is 315 g/mol. The maximum Gasteiger partial charge on any atom is 0.243 e. The van der Waals surface area contributed by atoms with Crippen molar-refractivity contribution in [2.24, 2.45) is 0 Å². The van der Waals surface area contributed by atoms with E-state index in [0.29, 0.717) is 6.61 Å². The van der Waals surface area contributed by atoms with Crippen molar-refractivity contribution in [1.29, 1.82) is 0 Å². The summed E-state index contributed by atoms with van der Waals surface area (Å²) in [5.41, 5.74) is 5.34. The molecule has 0 bridgehead atoms. The van der Waals surface area contributed by atoms with Crippen molar-refractivity contribution in [3.8, 4) is 0 Å². The van der Waals surface area contributed by atoms with E-state index < -0.39 is 15.8 Å². The van der Waals surface area contributed by atoms with Gasteiger partial charge in [0.2, 0.25) is 10.0 Å². The molecule has 1 atom stereocenters. The lowest BCUT2D eigenvalue weighted by Gasteiger charge is -2.27. The molecule has 0 aliphatic carbocycles. The molecule has 118 valence electrons. The number of nitrogens with two attached hydrogens (primary N) is 1. The number of thioether (sulfide) groups is 1. The molecule has 2 N–H and O–H groups in total. The molecule has 1 heterocycles. The van der Waals surface area contributed by atoms with Gasteiger partial charge in [-0.1, -0.05) is 0 Å². The van der Waals surface area contributed by atoms with E-state index in [1.165, 1.54) is 23.5 Å². The van der Waals surface area contributed by atoms with Crippen LogP contribution in [-0.4, -0.2) is 50.5 Å². The van der Waals surface area contributed by atoms with Gasteiger partial charge in [0.1, 0.15) is 5.82 Å². The second kappa shape index (κ2) is 6.95. The summed E-state index contributed by atoms with van der Waals surface area (Å²) in [6.45, 7) is 0.563. The van der Waals surface area contributed by atoms with Gasteiger partial charge in [0, 0.05) is 25.4 Å². The number of benzene rings is 1. The summed E-state index contributed by atoms with van der Waals surface area (Å²) in [4.78, 5) is -0.0674. The van der Waals surface area contributed by atoms with Crippen LogP contribution in [0.3, 0.4) is 0 Å². The molecule has 0 amide bonds.